The number of aromatic carboxylic acids is 1. The van der Waals surface area contributed by atoms with E-state index >= 15 is 4.39 Å². The van der Waals surface area contributed by atoms with Crippen LogP contribution in [0.1, 0.15) is 50.4 Å². The fraction of sp³-hybridized carbons (Fsp3) is 0.257. The molecule has 1 N–H and O–H groups in total. The summed E-state index contributed by atoms with van der Waals surface area (Å²) in [7, 11) is 0. The number of carboxylic acid groups (broad SMARTS) is 1. The number of rotatable bonds is 5. The number of hydrogen-bond acceptors (Lipinski definition) is 7. The summed E-state index contributed by atoms with van der Waals surface area (Å²) < 4.78 is 35.0. The third kappa shape index (κ3) is 5.88. The molecule has 7 rings (SSSR count). The predicted molar refractivity (Wildman–Crippen MR) is 162 cm³/mol. The molecule has 9 nitrogen and oxygen atoms in total. The fourth-order valence-electron chi connectivity index (χ4n) is 5.83. The van der Waals surface area contributed by atoms with Crippen molar-refractivity contribution in [1.82, 2.24) is 14.5 Å². The molecule has 0 amide bonds. The maximum Gasteiger partial charge on any atom is 0.335 e. The molecule has 2 aliphatic rings. The van der Waals surface area contributed by atoms with Gasteiger partial charge in [-0.15, -0.1) is 0 Å². The highest BCUT2D eigenvalue weighted by Crippen LogP contribution is 2.29. The molecule has 3 aromatic carbocycles. The van der Waals surface area contributed by atoms with Crippen molar-refractivity contribution >= 4 is 17.0 Å². The highest BCUT2D eigenvalue weighted by Gasteiger charge is 2.24. The van der Waals surface area contributed by atoms with Crippen LogP contribution in [0.3, 0.4) is 0 Å². The van der Waals surface area contributed by atoms with Crippen molar-refractivity contribution in [3.63, 3.8) is 0 Å². The molecule has 0 saturated carbocycles. The summed E-state index contributed by atoms with van der Waals surface area (Å²) in [4.78, 5) is 21.1. The van der Waals surface area contributed by atoms with Crippen LogP contribution in [0.25, 0.3) is 22.3 Å². The minimum absolute atomic E-state index is 0.0496. The molecule has 0 spiro atoms. The van der Waals surface area contributed by atoms with Gasteiger partial charge in [0.1, 0.15) is 17.9 Å². The number of benzene rings is 3. The summed E-state index contributed by atoms with van der Waals surface area (Å²) in [5.74, 6) is -0.768. The lowest BCUT2D eigenvalue weighted by Gasteiger charge is -2.27. The highest BCUT2D eigenvalue weighted by atomic mass is 19.1. The maximum atomic E-state index is 15.1. The third-order valence-corrected chi connectivity index (χ3v) is 8.37. The average molecular weight is 605 g/mol. The lowest BCUT2D eigenvalue weighted by atomic mass is 9.99. The molecule has 10 heteroatoms. The maximum absolute atomic E-state index is 15.1. The van der Waals surface area contributed by atoms with Gasteiger partial charge in [0, 0.05) is 24.7 Å². The van der Waals surface area contributed by atoms with Crippen molar-refractivity contribution < 1.29 is 28.5 Å². The van der Waals surface area contributed by atoms with E-state index in [9.17, 15) is 15.2 Å². The summed E-state index contributed by atoms with van der Waals surface area (Å²) in [5.41, 5.74) is 6.46. The van der Waals surface area contributed by atoms with Crippen molar-refractivity contribution in [1.29, 1.82) is 5.26 Å². The van der Waals surface area contributed by atoms with E-state index in [4.69, 9.17) is 19.2 Å². The third-order valence-electron chi connectivity index (χ3n) is 8.37. The first-order valence-corrected chi connectivity index (χ1v) is 14.8. The van der Waals surface area contributed by atoms with Crippen LogP contribution in [0, 0.1) is 17.1 Å². The van der Waals surface area contributed by atoms with Gasteiger partial charge in [0.25, 0.3) is 0 Å². The zero-order chi connectivity index (χ0) is 30.9. The van der Waals surface area contributed by atoms with Crippen LogP contribution < -0.4 is 4.74 Å². The van der Waals surface area contributed by atoms with E-state index in [1.807, 2.05) is 53.1 Å². The number of imidazole rings is 1. The van der Waals surface area contributed by atoms with Crippen molar-refractivity contribution in [3.05, 3.63) is 112 Å². The smallest absolute Gasteiger partial charge is 0.335 e. The van der Waals surface area contributed by atoms with E-state index in [0.29, 0.717) is 68.6 Å². The first kappa shape index (κ1) is 28.6. The molecule has 226 valence electrons. The van der Waals surface area contributed by atoms with Crippen LogP contribution in [0.15, 0.2) is 66.7 Å². The summed E-state index contributed by atoms with van der Waals surface area (Å²) >= 11 is 0. The molecule has 5 aromatic rings. The van der Waals surface area contributed by atoms with Crippen LogP contribution >= 0.6 is 0 Å². The van der Waals surface area contributed by atoms with Gasteiger partial charge in [-0.25, -0.2) is 19.2 Å². The summed E-state index contributed by atoms with van der Waals surface area (Å²) in [6, 6.07) is 21.9. The molecule has 0 radical (unpaired) electrons. The van der Waals surface area contributed by atoms with Crippen LogP contribution in [-0.2, 0) is 42.1 Å². The van der Waals surface area contributed by atoms with Crippen molar-refractivity contribution in [2.24, 2.45) is 0 Å². The van der Waals surface area contributed by atoms with E-state index in [2.05, 4.69) is 11.1 Å². The van der Waals surface area contributed by atoms with Crippen LogP contribution in [-0.4, -0.2) is 44.9 Å². The van der Waals surface area contributed by atoms with E-state index in [1.54, 1.807) is 6.07 Å². The van der Waals surface area contributed by atoms with Gasteiger partial charge < -0.3 is 23.9 Å². The molecule has 0 unspecified atom stereocenters. The molecular formula is C35H29FN4O5. The van der Waals surface area contributed by atoms with E-state index in [0.717, 1.165) is 46.0 Å². The molecule has 2 aromatic heterocycles. The standard InChI is InChI=1S/C35H29FN4O5/c36-29-14-26(35(41)42)15-31-34(29)39-32(40(31)18-28-9-11-44-28)16-22-6-7-24-13-27(22)19-43-10-8-23-12-21(17-37)4-5-25(23)20-45-33-3-1-2-30(24)38-33/h1-7,12-15,28H,8-11,16,18-20H2,(H,41,42)/t28-/m0/s1. The van der Waals surface area contributed by atoms with Gasteiger partial charge in [0.05, 0.1) is 54.3 Å². The zero-order valence-corrected chi connectivity index (χ0v) is 24.3. The molecular weight excluding hydrogens is 575 g/mol. The molecule has 1 saturated heterocycles. The van der Waals surface area contributed by atoms with Crippen LogP contribution in [0.2, 0.25) is 0 Å². The van der Waals surface area contributed by atoms with Gasteiger partial charge >= 0.3 is 5.97 Å². The van der Waals surface area contributed by atoms with Crippen molar-refractivity contribution in [3.8, 4) is 23.2 Å². The minimum atomic E-state index is -1.20. The minimum Gasteiger partial charge on any atom is -0.478 e. The van der Waals surface area contributed by atoms with Gasteiger partial charge in [-0.05, 0) is 71.5 Å². The molecule has 4 heterocycles. The second kappa shape index (κ2) is 12.1. The fourth-order valence-corrected chi connectivity index (χ4v) is 5.83. The zero-order valence-electron chi connectivity index (χ0n) is 24.3. The number of ether oxygens (including phenoxy) is 3. The Balaban J connectivity index is 1.27. The number of nitriles is 1. The van der Waals surface area contributed by atoms with Gasteiger partial charge in [-0.3, -0.25) is 0 Å². The van der Waals surface area contributed by atoms with Gasteiger partial charge in [0.15, 0.2) is 5.82 Å². The molecule has 0 aliphatic carbocycles. The Morgan fingerprint density at radius 1 is 1.02 bits per heavy atom. The van der Waals surface area contributed by atoms with Crippen LogP contribution in [0.4, 0.5) is 4.39 Å². The number of pyridine rings is 1. The average Bonchev–Trinajstić information content (AvgIpc) is 3.37. The summed E-state index contributed by atoms with van der Waals surface area (Å²) in [5, 5.41) is 19.0. The molecule has 4 bridgehead atoms. The molecule has 45 heavy (non-hydrogen) atoms. The molecule has 1 fully saturated rings. The highest BCUT2D eigenvalue weighted by molar-refractivity contribution is 5.92. The normalized spacial score (nSPS) is 16.1. The second-order valence-electron chi connectivity index (χ2n) is 11.3. The van der Waals surface area contributed by atoms with E-state index in [1.165, 1.54) is 6.07 Å². The Hall–Kier alpha value is -5.11. The number of hydrogen-bond donors (Lipinski definition) is 1. The Morgan fingerprint density at radius 3 is 2.71 bits per heavy atom. The van der Waals surface area contributed by atoms with E-state index < -0.39 is 11.8 Å². The number of halogens is 1. The topological polar surface area (TPSA) is 119 Å². The SMILES string of the molecule is N#Cc1ccc2c(c1)CCOCc1cc(ccc1Cc1nc3c(F)cc(C(=O)O)cc3n1C[C@@H]1CCO1)-c1cccc(n1)OC2. The number of carbonyl (C=O) groups is 1. The van der Waals surface area contributed by atoms with Crippen LogP contribution in [0.5, 0.6) is 5.88 Å². The lowest BCUT2D eigenvalue weighted by Crippen LogP contribution is -2.31. The monoisotopic (exact) mass is 604 g/mol. The van der Waals surface area contributed by atoms with Crippen molar-refractivity contribution in [2.75, 3.05) is 13.2 Å². The Kier molecular flexibility index (Phi) is 7.71. The number of nitrogens with zero attached hydrogens (tertiary/aromatic N) is 4. The molecule has 1 atom stereocenters. The Bertz CT molecular complexity index is 1980. The Morgan fingerprint density at radius 2 is 1.91 bits per heavy atom. The van der Waals surface area contributed by atoms with Gasteiger partial charge in [-0.2, -0.15) is 5.26 Å². The van der Waals surface area contributed by atoms with Gasteiger partial charge in [-0.1, -0.05) is 24.3 Å². The van der Waals surface area contributed by atoms with Gasteiger partial charge in [0.2, 0.25) is 5.88 Å². The number of aromatic nitrogens is 3. The predicted octanol–water partition coefficient (Wildman–Crippen LogP) is 5.84. The van der Waals surface area contributed by atoms with Crippen molar-refractivity contribution in [2.45, 2.75) is 45.1 Å². The summed E-state index contributed by atoms with van der Waals surface area (Å²) in [6.07, 6.45) is 1.78. The number of carboxylic acids is 1. The molecule has 2 aliphatic heterocycles. The number of fused-ring (bicyclic) bond motifs is 7. The summed E-state index contributed by atoms with van der Waals surface area (Å²) in [6.45, 7) is 2.17. The largest absolute Gasteiger partial charge is 0.478 e. The first-order chi connectivity index (χ1) is 21.9. The lowest BCUT2D eigenvalue weighted by molar-refractivity contribution is -0.0589. The second-order valence-corrected chi connectivity index (χ2v) is 11.3. The Labute approximate surface area is 258 Å². The first-order valence-electron chi connectivity index (χ1n) is 14.8. The quantitative estimate of drug-likeness (QED) is 0.266. The van der Waals surface area contributed by atoms with E-state index in [-0.39, 0.29) is 17.2 Å².